The van der Waals surface area contributed by atoms with Crippen molar-refractivity contribution in [2.45, 2.75) is 25.8 Å². The van der Waals surface area contributed by atoms with Gasteiger partial charge in [-0.3, -0.25) is 4.79 Å². The molecular weight excluding hydrogens is 206 g/mol. The number of primary amides is 1. The molecule has 5 nitrogen and oxygen atoms in total. The first-order valence-electron chi connectivity index (χ1n) is 4.99. The lowest BCUT2D eigenvalue weighted by molar-refractivity contribution is -0.118. The van der Waals surface area contributed by atoms with E-state index in [-0.39, 0.29) is 12.3 Å². The Morgan fingerprint density at radius 2 is 2.25 bits per heavy atom. The summed E-state index contributed by atoms with van der Waals surface area (Å²) in [6.45, 7) is 3.79. The van der Waals surface area contributed by atoms with E-state index in [1.165, 1.54) is 0 Å². The highest BCUT2D eigenvalue weighted by Gasteiger charge is 2.20. The monoisotopic (exact) mass is 223 g/mol. The molecule has 0 fully saturated rings. The molecule has 16 heavy (non-hydrogen) atoms. The molecule has 0 saturated carbocycles. The van der Waals surface area contributed by atoms with E-state index in [1.54, 1.807) is 25.4 Å². The zero-order valence-corrected chi connectivity index (χ0v) is 9.78. The van der Waals surface area contributed by atoms with Crippen molar-refractivity contribution >= 4 is 11.7 Å². The van der Waals surface area contributed by atoms with Crippen LogP contribution in [0.1, 0.15) is 20.3 Å². The zero-order valence-electron chi connectivity index (χ0n) is 9.78. The molecule has 0 aliphatic rings. The van der Waals surface area contributed by atoms with Crippen molar-refractivity contribution in [1.29, 1.82) is 0 Å². The minimum absolute atomic E-state index is 0.251. The standard InChI is InChI=1S/C11H17N3O2/c1-11(2,6-9(12)15)14-10-5-4-8(16-3)7-13-10/h4-5,7H,6H2,1-3H3,(H2,12,15)(H,13,14). The molecule has 0 saturated heterocycles. The van der Waals surface area contributed by atoms with Gasteiger partial charge in [0.2, 0.25) is 5.91 Å². The highest BCUT2D eigenvalue weighted by atomic mass is 16.5. The summed E-state index contributed by atoms with van der Waals surface area (Å²) in [5.74, 6) is 1.04. The molecule has 3 N–H and O–H groups in total. The highest BCUT2D eigenvalue weighted by molar-refractivity contribution is 5.75. The number of ether oxygens (including phenoxy) is 1. The SMILES string of the molecule is COc1ccc(NC(C)(C)CC(N)=O)nc1. The van der Waals surface area contributed by atoms with Crippen LogP contribution in [0, 0.1) is 0 Å². The van der Waals surface area contributed by atoms with Crippen LogP contribution >= 0.6 is 0 Å². The summed E-state index contributed by atoms with van der Waals surface area (Å²) >= 11 is 0. The average Bonchev–Trinajstić information content (AvgIpc) is 2.16. The van der Waals surface area contributed by atoms with Crippen LogP contribution in [-0.4, -0.2) is 23.5 Å². The molecule has 1 rings (SSSR count). The van der Waals surface area contributed by atoms with Gasteiger partial charge in [0.25, 0.3) is 0 Å². The van der Waals surface area contributed by atoms with Gasteiger partial charge in [-0.2, -0.15) is 0 Å². The Kier molecular flexibility index (Phi) is 3.71. The maximum atomic E-state index is 10.8. The average molecular weight is 223 g/mol. The van der Waals surface area contributed by atoms with Gasteiger partial charge >= 0.3 is 0 Å². The molecule has 0 unspecified atom stereocenters. The van der Waals surface area contributed by atoms with Crippen molar-refractivity contribution in [3.05, 3.63) is 18.3 Å². The number of amides is 1. The summed E-state index contributed by atoms with van der Waals surface area (Å²) in [6.07, 6.45) is 1.86. The summed E-state index contributed by atoms with van der Waals surface area (Å²) in [7, 11) is 1.58. The van der Waals surface area contributed by atoms with Crippen LogP contribution in [0.15, 0.2) is 18.3 Å². The third kappa shape index (κ3) is 3.76. The van der Waals surface area contributed by atoms with Gasteiger partial charge in [-0.15, -0.1) is 0 Å². The van der Waals surface area contributed by atoms with Gasteiger partial charge in [-0.05, 0) is 26.0 Å². The Bertz CT molecular complexity index is 360. The van der Waals surface area contributed by atoms with Crippen molar-refractivity contribution in [1.82, 2.24) is 4.98 Å². The second-order valence-corrected chi connectivity index (χ2v) is 4.24. The molecule has 88 valence electrons. The molecule has 0 aromatic carbocycles. The van der Waals surface area contributed by atoms with Gasteiger partial charge in [0.1, 0.15) is 11.6 Å². The molecule has 0 spiro atoms. The second kappa shape index (κ2) is 4.83. The first-order valence-corrected chi connectivity index (χ1v) is 4.99. The highest BCUT2D eigenvalue weighted by Crippen LogP contribution is 2.18. The van der Waals surface area contributed by atoms with E-state index in [0.717, 1.165) is 0 Å². The molecular formula is C11H17N3O2. The van der Waals surface area contributed by atoms with Crippen LogP contribution in [0.25, 0.3) is 0 Å². The Balaban J connectivity index is 2.68. The normalized spacial score (nSPS) is 10.9. The van der Waals surface area contributed by atoms with Gasteiger partial charge < -0.3 is 15.8 Å². The molecule has 0 aliphatic heterocycles. The van der Waals surface area contributed by atoms with Gasteiger partial charge in [0.05, 0.1) is 13.3 Å². The number of hydrogen-bond acceptors (Lipinski definition) is 4. The summed E-state index contributed by atoms with van der Waals surface area (Å²) in [5, 5.41) is 3.13. The van der Waals surface area contributed by atoms with Crippen LogP contribution in [-0.2, 0) is 4.79 Å². The molecule has 0 radical (unpaired) electrons. The molecule has 5 heteroatoms. The van der Waals surface area contributed by atoms with Crippen LogP contribution in [0.5, 0.6) is 5.75 Å². The van der Waals surface area contributed by atoms with Crippen LogP contribution in [0.2, 0.25) is 0 Å². The maximum absolute atomic E-state index is 10.8. The molecule has 1 aromatic rings. The van der Waals surface area contributed by atoms with E-state index in [9.17, 15) is 4.79 Å². The fourth-order valence-corrected chi connectivity index (χ4v) is 1.40. The third-order valence-corrected chi connectivity index (χ3v) is 2.05. The first kappa shape index (κ1) is 12.3. The minimum Gasteiger partial charge on any atom is -0.495 e. The number of methoxy groups -OCH3 is 1. The molecule has 0 bridgehead atoms. The quantitative estimate of drug-likeness (QED) is 0.785. The number of nitrogens with two attached hydrogens (primary N) is 1. The number of anilines is 1. The Hall–Kier alpha value is -1.78. The Morgan fingerprint density at radius 3 is 2.69 bits per heavy atom. The minimum atomic E-state index is -0.409. The van der Waals surface area contributed by atoms with E-state index in [0.29, 0.717) is 11.6 Å². The fraction of sp³-hybridized carbons (Fsp3) is 0.455. The van der Waals surface area contributed by atoms with Gasteiger partial charge in [0.15, 0.2) is 0 Å². The molecule has 0 atom stereocenters. The number of nitrogens with zero attached hydrogens (tertiary/aromatic N) is 1. The van der Waals surface area contributed by atoms with Crippen molar-refractivity contribution in [2.75, 3.05) is 12.4 Å². The number of nitrogens with one attached hydrogen (secondary N) is 1. The van der Waals surface area contributed by atoms with Crippen molar-refractivity contribution < 1.29 is 9.53 Å². The van der Waals surface area contributed by atoms with Gasteiger partial charge in [0, 0.05) is 12.0 Å². The maximum Gasteiger partial charge on any atom is 0.219 e. The second-order valence-electron chi connectivity index (χ2n) is 4.24. The number of hydrogen-bond donors (Lipinski definition) is 2. The zero-order chi connectivity index (χ0) is 12.2. The number of aromatic nitrogens is 1. The van der Waals surface area contributed by atoms with E-state index >= 15 is 0 Å². The summed E-state index contributed by atoms with van der Waals surface area (Å²) in [6, 6.07) is 3.59. The summed E-state index contributed by atoms with van der Waals surface area (Å²) < 4.78 is 5.00. The first-order chi connectivity index (χ1) is 7.43. The summed E-state index contributed by atoms with van der Waals surface area (Å²) in [5.41, 5.74) is 4.75. The molecule has 1 aromatic heterocycles. The predicted octanol–water partition coefficient (Wildman–Crippen LogP) is 1.16. The van der Waals surface area contributed by atoms with E-state index < -0.39 is 5.54 Å². The van der Waals surface area contributed by atoms with E-state index in [1.807, 2.05) is 13.8 Å². The Labute approximate surface area is 95.0 Å². The van der Waals surface area contributed by atoms with E-state index in [2.05, 4.69) is 10.3 Å². The van der Waals surface area contributed by atoms with Crippen LogP contribution < -0.4 is 15.8 Å². The number of pyridine rings is 1. The van der Waals surface area contributed by atoms with Crippen molar-refractivity contribution in [2.24, 2.45) is 5.73 Å². The fourth-order valence-electron chi connectivity index (χ4n) is 1.40. The summed E-state index contributed by atoms with van der Waals surface area (Å²) in [4.78, 5) is 15.0. The molecule has 1 amide bonds. The topological polar surface area (TPSA) is 77.2 Å². The van der Waals surface area contributed by atoms with Gasteiger partial charge in [-0.25, -0.2) is 4.98 Å². The van der Waals surface area contributed by atoms with Crippen molar-refractivity contribution in [3.63, 3.8) is 0 Å². The molecule has 0 aliphatic carbocycles. The third-order valence-electron chi connectivity index (χ3n) is 2.05. The van der Waals surface area contributed by atoms with Gasteiger partial charge in [-0.1, -0.05) is 0 Å². The van der Waals surface area contributed by atoms with Crippen LogP contribution in [0.3, 0.4) is 0 Å². The lowest BCUT2D eigenvalue weighted by Gasteiger charge is -2.25. The number of carbonyl (C=O) groups is 1. The smallest absolute Gasteiger partial charge is 0.219 e. The lowest BCUT2D eigenvalue weighted by Crippen LogP contribution is -2.36. The lowest BCUT2D eigenvalue weighted by atomic mass is 10.0. The van der Waals surface area contributed by atoms with Crippen LogP contribution in [0.4, 0.5) is 5.82 Å². The number of rotatable bonds is 5. The Morgan fingerprint density at radius 1 is 1.56 bits per heavy atom. The predicted molar refractivity (Wildman–Crippen MR) is 62.3 cm³/mol. The number of carbonyl (C=O) groups excluding carboxylic acids is 1. The van der Waals surface area contributed by atoms with Crippen molar-refractivity contribution in [3.8, 4) is 5.75 Å². The molecule has 1 heterocycles. The largest absolute Gasteiger partial charge is 0.495 e. The van der Waals surface area contributed by atoms with E-state index in [4.69, 9.17) is 10.5 Å².